The zero-order valence-electron chi connectivity index (χ0n) is 30.3. The van der Waals surface area contributed by atoms with Crippen molar-refractivity contribution in [3.05, 3.63) is 56.7 Å². The summed E-state index contributed by atoms with van der Waals surface area (Å²) in [7, 11) is 0. The first kappa shape index (κ1) is 34.0. The Morgan fingerprint density at radius 1 is 1.02 bits per heavy atom. The third kappa shape index (κ3) is 4.58. The molecule has 0 aromatic carbocycles. The van der Waals surface area contributed by atoms with Crippen molar-refractivity contribution in [3.63, 3.8) is 0 Å². The molecule has 1 unspecified atom stereocenters. The van der Waals surface area contributed by atoms with E-state index in [-0.39, 0.29) is 64.0 Å². The van der Waals surface area contributed by atoms with Gasteiger partial charge in [0.15, 0.2) is 17.3 Å². The van der Waals surface area contributed by atoms with Gasteiger partial charge in [-0.1, -0.05) is 33.3 Å². The monoisotopic (exact) mass is 678 g/mol. The maximum Gasteiger partial charge on any atom is 0.519 e. The van der Waals surface area contributed by atoms with E-state index in [0.717, 1.165) is 43.4 Å². The van der Waals surface area contributed by atoms with Crippen LogP contribution in [0.2, 0.25) is 0 Å². The highest BCUT2D eigenvalue weighted by Crippen LogP contribution is 2.75. The SMILES string of the molecule is Cc1ccn([C@H]2CC[C@@]3(C)C(CC[C@]4(C)[C@@H]3C(=O)C=C3[C@@H]5C[C@@](C)(C(=O)O)CC[C@]5(C)CC[C@]34C)[C@]2(C)[N+](=O)OCc2oc(=O)oc2C)n1. The van der Waals surface area contributed by atoms with Gasteiger partial charge in [-0.2, -0.15) is 5.10 Å². The molecule has 5 aliphatic rings. The highest BCUT2D eigenvalue weighted by Gasteiger charge is 2.75. The molecule has 5 aliphatic carbocycles. The molecule has 11 nitrogen and oxygen atoms in total. The third-order valence-electron chi connectivity index (χ3n) is 15.3. The zero-order valence-corrected chi connectivity index (χ0v) is 30.3. The number of aromatic nitrogens is 2. The fraction of sp³-hybridized carbons (Fsp3) is 0.737. The fourth-order valence-electron chi connectivity index (χ4n) is 12.0. The molecule has 2 aromatic rings. The second-order valence-corrected chi connectivity index (χ2v) is 17.7. The van der Waals surface area contributed by atoms with Gasteiger partial charge in [0.05, 0.1) is 16.0 Å². The highest BCUT2D eigenvalue weighted by atomic mass is 16.8. The van der Waals surface area contributed by atoms with E-state index in [1.54, 1.807) is 6.92 Å². The average molecular weight is 679 g/mol. The van der Waals surface area contributed by atoms with E-state index in [0.29, 0.717) is 30.6 Å². The molecule has 4 saturated carbocycles. The van der Waals surface area contributed by atoms with Crippen LogP contribution in [0.1, 0.15) is 123 Å². The molecule has 0 radical (unpaired) electrons. The minimum Gasteiger partial charge on any atom is -0.481 e. The second kappa shape index (κ2) is 10.8. The summed E-state index contributed by atoms with van der Waals surface area (Å²) < 4.78 is 12.0. The Bertz CT molecular complexity index is 1820. The number of carboxylic acid groups (broad SMARTS) is 1. The molecule has 266 valence electrons. The van der Waals surface area contributed by atoms with Crippen LogP contribution in [-0.2, 0) is 21.0 Å². The van der Waals surface area contributed by atoms with E-state index in [9.17, 15) is 24.4 Å². The Morgan fingerprint density at radius 2 is 1.73 bits per heavy atom. The molecule has 1 N–H and O–H groups in total. The molecule has 2 heterocycles. The lowest BCUT2D eigenvalue weighted by atomic mass is 9.34. The second-order valence-electron chi connectivity index (χ2n) is 17.7. The first-order valence-corrected chi connectivity index (χ1v) is 18.0. The lowest BCUT2D eigenvalue weighted by Gasteiger charge is -2.69. The van der Waals surface area contributed by atoms with E-state index in [4.69, 9.17) is 18.8 Å². The lowest BCUT2D eigenvalue weighted by molar-refractivity contribution is -0.866. The van der Waals surface area contributed by atoms with E-state index in [1.165, 1.54) is 0 Å². The number of nitrogens with zero attached hydrogens (tertiary/aromatic N) is 3. The molecule has 0 spiro atoms. The Morgan fingerprint density at radius 3 is 2.37 bits per heavy atom. The van der Waals surface area contributed by atoms with Crippen molar-refractivity contribution in [2.24, 2.45) is 44.8 Å². The summed E-state index contributed by atoms with van der Waals surface area (Å²) in [4.78, 5) is 60.2. The molecule has 0 aliphatic heterocycles. The normalized spacial score (nSPS) is 43.0. The molecule has 0 bridgehead atoms. The van der Waals surface area contributed by atoms with E-state index in [2.05, 4.69) is 27.7 Å². The maximum absolute atomic E-state index is 14.9. The number of carboxylic acids is 1. The summed E-state index contributed by atoms with van der Waals surface area (Å²) in [5.74, 6) is -1.57. The predicted molar refractivity (Wildman–Crippen MR) is 178 cm³/mol. The number of aryl methyl sites for hydroxylation is 2. The van der Waals surface area contributed by atoms with Crippen LogP contribution in [-0.4, -0.2) is 37.1 Å². The Hall–Kier alpha value is -3.50. The highest BCUT2D eigenvalue weighted by molar-refractivity contribution is 5.95. The van der Waals surface area contributed by atoms with Crippen LogP contribution in [0.5, 0.6) is 0 Å². The predicted octanol–water partition coefficient (Wildman–Crippen LogP) is 7.30. The van der Waals surface area contributed by atoms with Gasteiger partial charge in [0, 0.05) is 25.0 Å². The quantitative estimate of drug-likeness (QED) is 0.311. The molecular weight excluding hydrogens is 626 g/mol. The fourth-order valence-corrected chi connectivity index (χ4v) is 12.0. The van der Waals surface area contributed by atoms with E-state index >= 15 is 0 Å². The number of fused-ring (bicyclic) bond motifs is 7. The summed E-state index contributed by atoms with van der Waals surface area (Å²) in [6.07, 6.45) is 10.7. The van der Waals surface area contributed by atoms with E-state index in [1.807, 2.05) is 43.8 Å². The van der Waals surface area contributed by atoms with Gasteiger partial charge in [-0.05, 0) is 118 Å². The van der Waals surface area contributed by atoms with Gasteiger partial charge >= 0.3 is 11.8 Å². The average Bonchev–Trinajstić information content (AvgIpc) is 3.60. The smallest absolute Gasteiger partial charge is 0.481 e. The first-order valence-electron chi connectivity index (χ1n) is 18.0. The molecule has 0 amide bonds. The van der Waals surface area contributed by atoms with Crippen molar-refractivity contribution >= 4 is 11.8 Å². The van der Waals surface area contributed by atoms with Crippen molar-refractivity contribution in [1.29, 1.82) is 0 Å². The number of allylic oxidation sites excluding steroid dienone is 2. The van der Waals surface area contributed by atoms with Crippen molar-refractivity contribution in [2.75, 3.05) is 0 Å². The Kier molecular flexibility index (Phi) is 7.45. The van der Waals surface area contributed by atoms with Crippen LogP contribution in [0.15, 0.2) is 37.5 Å². The molecule has 4 fully saturated rings. The van der Waals surface area contributed by atoms with Crippen LogP contribution in [0, 0.1) is 63.6 Å². The number of rotatable bonds is 6. The number of carbonyl (C=O) groups excluding carboxylic acids is 1. The number of carbonyl (C=O) groups is 2. The standard InChI is InChI=1S/C38H51N3O8/c1-22-11-18-40(39-22)29-10-12-35(5)28(38(29,8)41(46)47-21-27-23(2)48-32(45)49-27)9-13-37(7)30(35)26(42)19-24-25-20-34(4,31(43)44)15-14-33(25,3)16-17-36(24,37)6/h11,18-19,25,28-30H,9-10,12-17,20-21H2,1-8H3/p+1/t25-,28?,29-,30+,33+,34-,35-,36+,37+,38-/m0/s1. The van der Waals surface area contributed by atoms with Gasteiger partial charge in [-0.3, -0.25) is 14.3 Å². The summed E-state index contributed by atoms with van der Waals surface area (Å²) in [6.45, 7) is 16.2. The molecule has 2 aromatic heterocycles. The minimum atomic E-state index is -1.12. The maximum atomic E-state index is 14.9. The van der Waals surface area contributed by atoms with Crippen molar-refractivity contribution in [2.45, 2.75) is 131 Å². The number of hydrogen-bond acceptors (Lipinski definition) is 8. The molecule has 11 heteroatoms. The van der Waals surface area contributed by atoms with Crippen LogP contribution in [0.3, 0.4) is 0 Å². The van der Waals surface area contributed by atoms with Crippen LogP contribution in [0.4, 0.5) is 0 Å². The Labute approximate surface area is 287 Å². The molecular formula is C38H52N3O8+. The zero-order chi connectivity index (χ0) is 35.5. The minimum absolute atomic E-state index is 0.0315. The van der Waals surface area contributed by atoms with Crippen LogP contribution < -0.4 is 5.82 Å². The van der Waals surface area contributed by atoms with Crippen molar-refractivity contribution in [3.8, 4) is 0 Å². The van der Waals surface area contributed by atoms with Gasteiger partial charge in [-0.25, -0.2) is 9.63 Å². The molecule has 7 rings (SSSR count). The summed E-state index contributed by atoms with van der Waals surface area (Å²) in [5, 5.41) is 15.0. The largest absolute Gasteiger partial charge is 0.519 e. The molecule has 49 heavy (non-hydrogen) atoms. The number of aliphatic carboxylic acids is 1. The van der Waals surface area contributed by atoms with Gasteiger partial charge < -0.3 is 13.9 Å². The number of ketones is 1. The molecule has 10 atom stereocenters. The summed E-state index contributed by atoms with van der Waals surface area (Å²) in [6, 6.07) is 1.60. The summed E-state index contributed by atoms with van der Waals surface area (Å²) >= 11 is 0. The van der Waals surface area contributed by atoms with Gasteiger partial charge in [0.1, 0.15) is 6.04 Å². The molecule has 0 saturated heterocycles. The Balaban J connectivity index is 1.29. The van der Waals surface area contributed by atoms with Gasteiger partial charge in [-0.15, -0.1) is 0 Å². The van der Waals surface area contributed by atoms with Crippen LogP contribution in [0.25, 0.3) is 0 Å². The third-order valence-corrected chi connectivity index (χ3v) is 15.3. The van der Waals surface area contributed by atoms with Gasteiger partial charge in [0.2, 0.25) is 11.5 Å². The first-order chi connectivity index (χ1) is 22.8. The van der Waals surface area contributed by atoms with Crippen LogP contribution >= 0.6 is 0 Å². The number of hydrogen-bond donors (Lipinski definition) is 1. The van der Waals surface area contributed by atoms with Crippen molar-refractivity contribution in [1.82, 2.24) is 9.78 Å². The topological polar surface area (TPSA) is 145 Å². The lowest BCUT2D eigenvalue weighted by Crippen LogP contribution is -2.69. The van der Waals surface area contributed by atoms with Crippen molar-refractivity contribution < 1.29 is 33.3 Å². The summed E-state index contributed by atoms with van der Waals surface area (Å²) in [5.41, 5.74) is -1.14. The van der Waals surface area contributed by atoms with Gasteiger partial charge in [0.25, 0.3) is 5.54 Å². The van der Waals surface area contributed by atoms with E-state index < -0.39 is 28.2 Å².